The van der Waals surface area contributed by atoms with E-state index >= 15 is 0 Å². The minimum Gasteiger partial charge on any atom is -0.480 e. The van der Waals surface area contributed by atoms with Gasteiger partial charge in [-0.1, -0.05) is 30.3 Å². The third-order valence-corrected chi connectivity index (χ3v) is 3.78. The summed E-state index contributed by atoms with van der Waals surface area (Å²) < 4.78 is 0. The van der Waals surface area contributed by atoms with Crippen LogP contribution in [0.5, 0.6) is 0 Å². The van der Waals surface area contributed by atoms with Crippen LogP contribution in [0.3, 0.4) is 0 Å². The quantitative estimate of drug-likeness (QED) is 0.319. The number of benzene rings is 1. The molecule has 0 bridgehead atoms. The van der Waals surface area contributed by atoms with Crippen LogP contribution in [0.25, 0.3) is 0 Å². The SMILES string of the molecule is CC(O)C(N)C(=O)O.NC(Cc1ccccc1)C(=O)O.O=C(O)[C@@H]1CCCN1. The first-order chi connectivity index (χ1) is 13.1. The van der Waals surface area contributed by atoms with Crippen LogP contribution in [0.2, 0.25) is 0 Å². The highest BCUT2D eigenvalue weighted by molar-refractivity contribution is 5.74. The molecule has 10 heteroatoms. The summed E-state index contributed by atoms with van der Waals surface area (Å²) in [6.45, 7) is 2.19. The number of aliphatic hydroxyl groups excluding tert-OH is 1. The Morgan fingerprint density at radius 1 is 1.11 bits per heavy atom. The van der Waals surface area contributed by atoms with Crippen LogP contribution in [-0.4, -0.2) is 69.1 Å². The molecule has 2 rings (SSSR count). The second-order valence-corrected chi connectivity index (χ2v) is 6.23. The third-order valence-electron chi connectivity index (χ3n) is 3.78. The molecule has 0 aromatic heterocycles. The van der Waals surface area contributed by atoms with E-state index in [1.54, 1.807) is 0 Å². The van der Waals surface area contributed by atoms with E-state index in [0.29, 0.717) is 6.42 Å². The maximum absolute atomic E-state index is 10.4. The van der Waals surface area contributed by atoms with Crippen molar-refractivity contribution in [1.29, 1.82) is 0 Å². The average molecular weight is 399 g/mol. The van der Waals surface area contributed by atoms with E-state index in [-0.39, 0.29) is 6.04 Å². The first-order valence-electron chi connectivity index (χ1n) is 8.71. The Labute approximate surface area is 163 Å². The molecule has 0 spiro atoms. The van der Waals surface area contributed by atoms with Crippen molar-refractivity contribution in [2.75, 3.05) is 6.54 Å². The second kappa shape index (κ2) is 13.6. The molecule has 1 fully saturated rings. The molecule has 1 aliphatic heterocycles. The summed E-state index contributed by atoms with van der Waals surface area (Å²) in [7, 11) is 0. The lowest BCUT2D eigenvalue weighted by atomic mass is 10.1. The summed E-state index contributed by atoms with van der Waals surface area (Å²) in [6, 6.07) is 7.12. The van der Waals surface area contributed by atoms with Gasteiger partial charge in [0.1, 0.15) is 18.1 Å². The van der Waals surface area contributed by atoms with Crippen LogP contribution in [0.1, 0.15) is 25.3 Å². The zero-order valence-electron chi connectivity index (χ0n) is 15.7. The minimum atomic E-state index is -1.18. The van der Waals surface area contributed by atoms with Crippen molar-refractivity contribution >= 4 is 17.9 Å². The molecular weight excluding hydrogens is 370 g/mol. The van der Waals surface area contributed by atoms with Gasteiger partial charge in [-0.05, 0) is 38.3 Å². The Morgan fingerprint density at radius 3 is 1.96 bits per heavy atom. The Morgan fingerprint density at radius 2 is 1.68 bits per heavy atom. The van der Waals surface area contributed by atoms with Crippen LogP contribution >= 0.6 is 0 Å². The lowest BCUT2D eigenvalue weighted by Gasteiger charge is -2.06. The molecule has 1 aromatic rings. The second-order valence-electron chi connectivity index (χ2n) is 6.23. The number of carbonyl (C=O) groups is 3. The van der Waals surface area contributed by atoms with Gasteiger partial charge in [0.05, 0.1) is 6.10 Å². The number of nitrogens with two attached hydrogens (primary N) is 2. The van der Waals surface area contributed by atoms with E-state index in [9.17, 15) is 14.4 Å². The number of carboxylic acid groups (broad SMARTS) is 3. The molecule has 9 N–H and O–H groups in total. The Hall–Kier alpha value is -2.53. The fourth-order valence-corrected chi connectivity index (χ4v) is 2.06. The van der Waals surface area contributed by atoms with Gasteiger partial charge in [-0.2, -0.15) is 0 Å². The van der Waals surface area contributed by atoms with Crippen LogP contribution < -0.4 is 16.8 Å². The molecule has 158 valence electrons. The zero-order valence-corrected chi connectivity index (χ0v) is 15.7. The molecule has 4 atom stereocenters. The fraction of sp³-hybridized carbons (Fsp3) is 0.500. The van der Waals surface area contributed by atoms with Gasteiger partial charge in [-0.15, -0.1) is 0 Å². The van der Waals surface area contributed by atoms with Gasteiger partial charge in [-0.3, -0.25) is 14.4 Å². The van der Waals surface area contributed by atoms with Gasteiger partial charge in [0.25, 0.3) is 0 Å². The van der Waals surface area contributed by atoms with Crippen molar-refractivity contribution in [2.24, 2.45) is 11.5 Å². The summed E-state index contributed by atoms with van der Waals surface area (Å²) in [4.78, 5) is 30.4. The van der Waals surface area contributed by atoms with E-state index < -0.39 is 36.1 Å². The standard InChI is InChI=1S/C9H11NO2.C5H9NO2.C4H9NO3/c10-8(9(11)12)6-7-4-2-1-3-5-7;7-5(8)4-2-1-3-6-4;1-2(6)3(5)4(7)8/h1-5,8H,6,10H2,(H,11,12);4,6H,1-3H2,(H,7,8);2-3,6H,5H2,1H3,(H,7,8)/t;4-;/m.0./s1. The van der Waals surface area contributed by atoms with Crippen LogP contribution in [0, 0.1) is 0 Å². The number of aliphatic hydroxyl groups is 1. The molecule has 28 heavy (non-hydrogen) atoms. The van der Waals surface area contributed by atoms with Crippen molar-refractivity contribution in [3.63, 3.8) is 0 Å². The number of hydrogen-bond acceptors (Lipinski definition) is 7. The van der Waals surface area contributed by atoms with Crippen molar-refractivity contribution in [1.82, 2.24) is 5.32 Å². The first kappa shape index (κ1) is 25.5. The molecule has 1 heterocycles. The maximum Gasteiger partial charge on any atom is 0.323 e. The van der Waals surface area contributed by atoms with Crippen molar-refractivity contribution < 1.29 is 34.8 Å². The highest BCUT2D eigenvalue weighted by atomic mass is 16.4. The summed E-state index contributed by atoms with van der Waals surface area (Å²) in [5.41, 5.74) is 11.2. The van der Waals surface area contributed by atoms with Gasteiger partial charge in [0.15, 0.2) is 0 Å². The molecule has 3 unspecified atom stereocenters. The topological polar surface area (TPSA) is 196 Å². The van der Waals surface area contributed by atoms with Crippen LogP contribution in [0.15, 0.2) is 30.3 Å². The van der Waals surface area contributed by atoms with Crippen molar-refractivity contribution in [3.05, 3.63) is 35.9 Å². The van der Waals surface area contributed by atoms with Gasteiger partial charge in [-0.25, -0.2) is 0 Å². The number of rotatable bonds is 6. The lowest BCUT2D eigenvalue weighted by Crippen LogP contribution is -2.39. The summed E-state index contributed by atoms with van der Waals surface area (Å²) in [6.07, 6.45) is 1.19. The molecule has 0 saturated carbocycles. The summed E-state index contributed by atoms with van der Waals surface area (Å²) in [5.74, 6) is -2.86. The Kier molecular flexibility index (Phi) is 12.4. The first-order valence-corrected chi connectivity index (χ1v) is 8.71. The monoisotopic (exact) mass is 399 g/mol. The highest BCUT2D eigenvalue weighted by Crippen LogP contribution is 2.03. The van der Waals surface area contributed by atoms with Crippen LogP contribution in [-0.2, 0) is 20.8 Å². The van der Waals surface area contributed by atoms with Gasteiger partial charge >= 0.3 is 17.9 Å². The molecule has 0 aliphatic carbocycles. The average Bonchev–Trinajstić information content (AvgIpc) is 3.17. The van der Waals surface area contributed by atoms with Gasteiger partial charge < -0.3 is 37.2 Å². The predicted molar refractivity (Wildman–Crippen MR) is 102 cm³/mol. The largest absolute Gasteiger partial charge is 0.480 e. The summed E-state index contributed by atoms with van der Waals surface area (Å²) >= 11 is 0. The zero-order chi connectivity index (χ0) is 21.7. The lowest BCUT2D eigenvalue weighted by molar-refractivity contribution is -0.141. The number of aliphatic carboxylic acids is 3. The van der Waals surface area contributed by atoms with E-state index in [1.165, 1.54) is 6.92 Å². The number of carboxylic acids is 3. The number of hydrogen-bond donors (Lipinski definition) is 7. The number of nitrogens with one attached hydrogen (secondary N) is 1. The van der Waals surface area contributed by atoms with Gasteiger partial charge in [0.2, 0.25) is 0 Å². The summed E-state index contributed by atoms with van der Waals surface area (Å²) in [5, 5.41) is 36.3. The highest BCUT2D eigenvalue weighted by Gasteiger charge is 2.20. The molecular formula is C18H29N3O7. The minimum absolute atomic E-state index is 0.269. The van der Waals surface area contributed by atoms with E-state index in [0.717, 1.165) is 24.9 Å². The van der Waals surface area contributed by atoms with E-state index in [1.807, 2.05) is 30.3 Å². The fourth-order valence-electron chi connectivity index (χ4n) is 2.06. The molecule has 0 radical (unpaired) electrons. The molecule has 0 amide bonds. The van der Waals surface area contributed by atoms with E-state index in [2.05, 4.69) is 5.32 Å². The normalized spacial score (nSPS) is 18.4. The smallest absolute Gasteiger partial charge is 0.323 e. The van der Waals surface area contributed by atoms with Crippen molar-refractivity contribution in [2.45, 2.75) is 50.4 Å². The van der Waals surface area contributed by atoms with Crippen molar-refractivity contribution in [3.8, 4) is 0 Å². The Bertz CT molecular complexity index is 592. The van der Waals surface area contributed by atoms with Crippen LogP contribution in [0.4, 0.5) is 0 Å². The third kappa shape index (κ3) is 11.2. The predicted octanol–water partition coefficient (Wildman–Crippen LogP) is -0.757. The molecule has 10 nitrogen and oxygen atoms in total. The molecule has 1 aliphatic rings. The van der Waals surface area contributed by atoms with E-state index in [4.69, 9.17) is 31.9 Å². The Balaban J connectivity index is 0.000000405. The van der Waals surface area contributed by atoms with Gasteiger partial charge in [0, 0.05) is 0 Å². The molecule has 1 aromatic carbocycles. The molecule has 1 saturated heterocycles. The maximum atomic E-state index is 10.4.